The van der Waals surface area contributed by atoms with Crippen LogP contribution >= 0.6 is 11.8 Å². The minimum Gasteiger partial charge on any atom is -0.394 e. The summed E-state index contributed by atoms with van der Waals surface area (Å²) in [7, 11) is 0. The van der Waals surface area contributed by atoms with Gasteiger partial charge in [0.1, 0.15) is 0 Å². The molecule has 1 amide bonds. The van der Waals surface area contributed by atoms with Crippen molar-refractivity contribution in [3.63, 3.8) is 0 Å². The lowest BCUT2D eigenvalue weighted by Crippen LogP contribution is -2.29. The maximum absolute atomic E-state index is 11.6. The quantitative estimate of drug-likeness (QED) is 0.660. The van der Waals surface area contributed by atoms with Crippen LogP contribution in [-0.2, 0) is 14.3 Å². The first-order valence-electron chi connectivity index (χ1n) is 5.73. The molecule has 0 aliphatic carbocycles. The second kappa shape index (κ2) is 7.68. The molecule has 0 aromatic carbocycles. The second-order valence-electron chi connectivity index (χ2n) is 4.05. The van der Waals surface area contributed by atoms with Crippen LogP contribution in [0.1, 0.15) is 13.3 Å². The van der Waals surface area contributed by atoms with Crippen LogP contribution < -0.4 is 0 Å². The zero-order chi connectivity index (χ0) is 12.7. The largest absolute Gasteiger partial charge is 0.394 e. The van der Waals surface area contributed by atoms with Crippen molar-refractivity contribution in [2.45, 2.75) is 13.3 Å². The number of ether oxygens (including phenoxy) is 1. The molecule has 0 spiro atoms. The van der Waals surface area contributed by atoms with E-state index in [2.05, 4.69) is 0 Å². The molecule has 5 nitrogen and oxygen atoms in total. The van der Waals surface area contributed by atoms with Crippen molar-refractivity contribution in [2.24, 2.45) is 5.92 Å². The number of amides is 1. The SMILES string of the molecule is CC(=O)SCC1CC(=O)N(CCOCCO)C1. The molecule has 1 saturated heterocycles. The fraction of sp³-hybridized carbons (Fsp3) is 0.818. The van der Waals surface area contributed by atoms with Gasteiger partial charge in [-0.2, -0.15) is 0 Å². The van der Waals surface area contributed by atoms with Gasteiger partial charge in [0.2, 0.25) is 5.91 Å². The number of hydrogen-bond donors (Lipinski definition) is 1. The average Bonchev–Trinajstić information content (AvgIpc) is 2.63. The summed E-state index contributed by atoms with van der Waals surface area (Å²) in [5, 5.41) is 8.63. The van der Waals surface area contributed by atoms with Crippen molar-refractivity contribution in [2.75, 3.05) is 38.7 Å². The number of hydrogen-bond acceptors (Lipinski definition) is 5. The van der Waals surface area contributed by atoms with Gasteiger partial charge >= 0.3 is 0 Å². The summed E-state index contributed by atoms with van der Waals surface area (Å²) in [5.74, 6) is 1.12. The van der Waals surface area contributed by atoms with E-state index >= 15 is 0 Å². The number of aliphatic hydroxyl groups excluding tert-OH is 1. The molecule has 1 heterocycles. The van der Waals surface area contributed by atoms with Crippen molar-refractivity contribution in [3.05, 3.63) is 0 Å². The summed E-state index contributed by atoms with van der Waals surface area (Å²) in [6.07, 6.45) is 0.528. The summed E-state index contributed by atoms with van der Waals surface area (Å²) >= 11 is 1.28. The zero-order valence-electron chi connectivity index (χ0n) is 10.1. The summed E-state index contributed by atoms with van der Waals surface area (Å²) in [6.45, 7) is 3.60. The van der Waals surface area contributed by atoms with E-state index in [-0.39, 0.29) is 23.5 Å². The van der Waals surface area contributed by atoms with E-state index < -0.39 is 0 Å². The van der Waals surface area contributed by atoms with E-state index in [9.17, 15) is 9.59 Å². The highest BCUT2D eigenvalue weighted by Crippen LogP contribution is 2.21. The molecule has 1 fully saturated rings. The molecule has 6 heteroatoms. The minimum atomic E-state index is 0.00578. The molecular formula is C11H19NO4S. The molecule has 0 aromatic heterocycles. The lowest BCUT2D eigenvalue weighted by Gasteiger charge is -2.16. The monoisotopic (exact) mass is 261 g/mol. The highest BCUT2D eigenvalue weighted by atomic mass is 32.2. The molecule has 17 heavy (non-hydrogen) atoms. The van der Waals surface area contributed by atoms with Crippen LogP contribution in [-0.4, -0.2) is 59.7 Å². The number of rotatable bonds is 7. The summed E-state index contributed by atoms with van der Waals surface area (Å²) in [4.78, 5) is 24.2. The number of nitrogens with zero attached hydrogens (tertiary/aromatic N) is 1. The van der Waals surface area contributed by atoms with Gasteiger partial charge in [0.05, 0.1) is 19.8 Å². The fourth-order valence-corrected chi connectivity index (χ4v) is 2.45. The van der Waals surface area contributed by atoms with Crippen LogP contribution in [0.15, 0.2) is 0 Å². The van der Waals surface area contributed by atoms with E-state index in [4.69, 9.17) is 9.84 Å². The Hall–Kier alpha value is -0.590. The van der Waals surface area contributed by atoms with Crippen molar-refractivity contribution >= 4 is 22.8 Å². The molecular weight excluding hydrogens is 242 g/mol. The first kappa shape index (κ1) is 14.5. The Morgan fingerprint density at radius 2 is 2.35 bits per heavy atom. The normalized spacial score (nSPS) is 20.0. The predicted octanol–water partition coefficient (Wildman–Crippen LogP) is 0.123. The molecule has 1 rings (SSSR count). The third-order valence-corrected chi connectivity index (χ3v) is 3.60. The van der Waals surface area contributed by atoms with Crippen LogP contribution in [0, 0.1) is 5.92 Å². The first-order valence-corrected chi connectivity index (χ1v) is 6.71. The topological polar surface area (TPSA) is 66.8 Å². The standard InChI is InChI=1S/C11H19NO4S/c1-9(14)17-8-10-6-11(15)12(7-10)2-4-16-5-3-13/h10,13H,2-8H2,1H3. The van der Waals surface area contributed by atoms with Gasteiger partial charge in [0.15, 0.2) is 5.12 Å². The van der Waals surface area contributed by atoms with E-state index in [1.807, 2.05) is 0 Å². The van der Waals surface area contributed by atoms with Gasteiger partial charge in [0, 0.05) is 32.2 Å². The van der Waals surface area contributed by atoms with Gasteiger partial charge in [-0.3, -0.25) is 9.59 Å². The third-order valence-electron chi connectivity index (χ3n) is 2.56. The Labute approximate surface area is 105 Å². The minimum absolute atomic E-state index is 0.00578. The van der Waals surface area contributed by atoms with Crippen molar-refractivity contribution in [1.29, 1.82) is 0 Å². The summed E-state index contributed by atoms with van der Waals surface area (Å²) in [6, 6.07) is 0. The van der Waals surface area contributed by atoms with Crippen LogP contribution in [0.3, 0.4) is 0 Å². The molecule has 1 unspecified atom stereocenters. The maximum atomic E-state index is 11.6. The van der Waals surface area contributed by atoms with E-state index in [1.165, 1.54) is 11.8 Å². The molecule has 0 bridgehead atoms. The zero-order valence-corrected chi connectivity index (χ0v) is 10.9. The molecule has 0 aromatic rings. The van der Waals surface area contributed by atoms with E-state index in [0.717, 1.165) is 5.75 Å². The lowest BCUT2D eigenvalue weighted by atomic mass is 10.1. The Morgan fingerprint density at radius 3 is 3.00 bits per heavy atom. The molecule has 1 atom stereocenters. The van der Waals surface area contributed by atoms with Crippen LogP contribution in [0.5, 0.6) is 0 Å². The Balaban J connectivity index is 2.19. The van der Waals surface area contributed by atoms with Crippen molar-refractivity contribution < 1.29 is 19.4 Å². The highest BCUT2D eigenvalue weighted by molar-refractivity contribution is 8.13. The van der Waals surface area contributed by atoms with Gasteiger partial charge in [-0.15, -0.1) is 0 Å². The van der Waals surface area contributed by atoms with Gasteiger partial charge in [0.25, 0.3) is 0 Å². The summed E-state index contributed by atoms with van der Waals surface area (Å²) < 4.78 is 5.12. The molecule has 98 valence electrons. The Kier molecular flexibility index (Phi) is 6.54. The molecule has 1 aliphatic heterocycles. The van der Waals surface area contributed by atoms with Crippen molar-refractivity contribution in [3.8, 4) is 0 Å². The lowest BCUT2D eigenvalue weighted by molar-refractivity contribution is -0.128. The fourth-order valence-electron chi connectivity index (χ4n) is 1.76. The number of aliphatic hydroxyl groups is 1. The third kappa shape index (κ3) is 5.52. The number of thioether (sulfide) groups is 1. The predicted molar refractivity (Wildman–Crippen MR) is 65.7 cm³/mol. The molecule has 0 radical (unpaired) electrons. The molecule has 1 N–H and O–H groups in total. The summed E-state index contributed by atoms with van der Waals surface area (Å²) in [5.41, 5.74) is 0. The Bertz CT molecular complexity index is 272. The van der Waals surface area contributed by atoms with E-state index in [0.29, 0.717) is 32.7 Å². The Morgan fingerprint density at radius 1 is 1.59 bits per heavy atom. The smallest absolute Gasteiger partial charge is 0.223 e. The van der Waals surface area contributed by atoms with E-state index in [1.54, 1.807) is 11.8 Å². The van der Waals surface area contributed by atoms with Crippen LogP contribution in [0.4, 0.5) is 0 Å². The molecule has 1 aliphatic rings. The number of carbonyl (C=O) groups is 2. The number of carbonyl (C=O) groups excluding carboxylic acids is 2. The van der Waals surface area contributed by atoms with Gasteiger partial charge in [-0.05, 0) is 5.92 Å². The van der Waals surface area contributed by atoms with Crippen LogP contribution in [0.2, 0.25) is 0 Å². The van der Waals surface area contributed by atoms with Crippen molar-refractivity contribution in [1.82, 2.24) is 4.90 Å². The second-order valence-corrected chi connectivity index (χ2v) is 5.25. The van der Waals surface area contributed by atoms with Gasteiger partial charge in [-0.25, -0.2) is 0 Å². The average molecular weight is 261 g/mol. The highest BCUT2D eigenvalue weighted by Gasteiger charge is 2.29. The number of likely N-dealkylation sites (tertiary alicyclic amines) is 1. The molecule has 0 saturated carbocycles. The first-order chi connectivity index (χ1) is 8.13. The van der Waals surface area contributed by atoms with Gasteiger partial charge in [-0.1, -0.05) is 11.8 Å². The maximum Gasteiger partial charge on any atom is 0.223 e. The van der Waals surface area contributed by atoms with Gasteiger partial charge < -0.3 is 14.7 Å². The van der Waals surface area contributed by atoms with Crippen LogP contribution in [0.25, 0.3) is 0 Å².